The smallest absolute Gasteiger partial charge is 0.179 e. The average molecular weight is 408 g/mol. The first-order valence-electron chi connectivity index (χ1n) is 10.3. The van der Waals surface area contributed by atoms with Gasteiger partial charge in [-0.2, -0.15) is 0 Å². The van der Waals surface area contributed by atoms with Crippen molar-refractivity contribution in [2.24, 2.45) is 39.7 Å². The van der Waals surface area contributed by atoms with Crippen LogP contribution in [0, 0.1) is 34.5 Å². The number of oxime groups is 1. The van der Waals surface area contributed by atoms with Gasteiger partial charge in [0.1, 0.15) is 11.3 Å². The van der Waals surface area contributed by atoms with Crippen LogP contribution >= 0.6 is 11.6 Å². The van der Waals surface area contributed by atoms with Crippen molar-refractivity contribution in [3.8, 4) is 0 Å². The van der Waals surface area contributed by atoms with Crippen molar-refractivity contribution < 1.29 is 20.2 Å². The molecule has 0 aromatic rings. The number of nitrogens with zero attached hydrogens (tertiary/aromatic N) is 1. The Bertz CT molecular complexity index is 791. The SMILES string of the molecule is C[C@H]1CC2[C@@H]3CCC4=C/C(=N/O)C=C[C@]4(C)C3C(O)C[C@]2(C)[C@@]1(O)C(=O)CCl. The fourth-order valence-electron chi connectivity index (χ4n) is 7.43. The van der Waals surface area contributed by atoms with Gasteiger partial charge in [-0.25, -0.2) is 0 Å². The first-order valence-corrected chi connectivity index (χ1v) is 10.8. The molecular weight excluding hydrogens is 378 g/mol. The van der Waals surface area contributed by atoms with E-state index in [2.05, 4.69) is 18.2 Å². The molecule has 3 saturated carbocycles. The van der Waals surface area contributed by atoms with E-state index in [1.54, 1.807) is 0 Å². The molecule has 0 aliphatic heterocycles. The molecule has 0 aromatic carbocycles. The summed E-state index contributed by atoms with van der Waals surface area (Å²) in [6, 6.07) is 0. The van der Waals surface area contributed by atoms with Crippen LogP contribution in [-0.2, 0) is 4.79 Å². The second-order valence-corrected chi connectivity index (χ2v) is 10.1. The monoisotopic (exact) mass is 407 g/mol. The summed E-state index contributed by atoms with van der Waals surface area (Å²) in [5, 5.41) is 35.3. The largest absolute Gasteiger partial charge is 0.410 e. The predicted octanol–water partition coefficient (Wildman–Crippen LogP) is 3.31. The molecular formula is C22H30ClNO4. The zero-order valence-electron chi connectivity index (χ0n) is 16.7. The Morgan fingerprint density at radius 1 is 1.39 bits per heavy atom. The van der Waals surface area contributed by atoms with Crippen LogP contribution in [0.4, 0.5) is 0 Å². The number of Topliss-reactive ketones (excluding diaryl/α,β-unsaturated/α-hetero) is 1. The van der Waals surface area contributed by atoms with Crippen LogP contribution in [0.5, 0.6) is 0 Å². The zero-order valence-corrected chi connectivity index (χ0v) is 17.5. The van der Waals surface area contributed by atoms with Gasteiger partial charge in [0.05, 0.1) is 12.0 Å². The molecule has 3 N–H and O–H groups in total. The fourth-order valence-corrected chi connectivity index (χ4v) is 7.63. The molecule has 0 heterocycles. The van der Waals surface area contributed by atoms with Crippen LogP contribution in [0.1, 0.15) is 46.5 Å². The summed E-state index contributed by atoms with van der Waals surface area (Å²) in [6.45, 7) is 6.07. The van der Waals surface area contributed by atoms with Crippen LogP contribution in [0.25, 0.3) is 0 Å². The Morgan fingerprint density at radius 2 is 2.11 bits per heavy atom. The van der Waals surface area contributed by atoms with Gasteiger partial charge in [-0.1, -0.05) is 37.6 Å². The van der Waals surface area contributed by atoms with Gasteiger partial charge >= 0.3 is 0 Å². The molecule has 0 aromatic heterocycles. The first kappa shape index (κ1) is 20.1. The number of aliphatic hydroxyl groups is 2. The molecule has 0 bridgehead atoms. The van der Waals surface area contributed by atoms with Gasteiger partial charge in [0, 0.05) is 16.7 Å². The topological polar surface area (TPSA) is 90.1 Å². The van der Waals surface area contributed by atoms with Gasteiger partial charge < -0.3 is 15.4 Å². The van der Waals surface area contributed by atoms with Crippen molar-refractivity contribution in [3.63, 3.8) is 0 Å². The Morgan fingerprint density at radius 3 is 2.75 bits per heavy atom. The quantitative estimate of drug-likeness (QED) is 0.372. The number of halogens is 1. The number of allylic oxidation sites excluding steroid dienone is 4. The highest BCUT2D eigenvalue weighted by Gasteiger charge is 2.70. The number of hydrogen-bond acceptors (Lipinski definition) is 5. The number of rotatable bonds is 2. The number of carbonyl (C=O) groups excluding carboxylic acids is 1. The molecule has 4 rings (SSSR count). The molecule has 154 valence electrons. The summed E-state index contributed by atoms with van der Waals surface area (Å²) in [4.78, 5) is 12.7. The van der Waals surface area contributed by atoms with Gasteiger partial charge in [-0.15, -0.1) is 11.6 Å². The molecule has 6 heteroatoms. The highest BCUT2D eigenvalue weighted by Crippen LogP contribution is 2.68. The Balaban J connectivity index is 1.76. The number of carbonyl (C=O) groups is 1. The van der Waals surface area contributed by atoms with Crippen molar-refractivity contribution >= 4 is 23.1 Å². The minimum atomic E-state index is -1.48. The van der Waals surface area contributed by atoms with E-state index in [0.29, 0.717) is 12.1 Å². The molecule has 8 atom stereocenters. The Kier molecular flexibility index (Phi) is 4.61. The van der Waals surface area contributed by atoms with E-state index in [4.69, 9.17) is 16.8 Å². The zero-order chi connectivity index (χ0) is 20.5. The summed E-state index contributed by atoms with van der Waals surface area (Å²) in [6.07, 6.45) is 8.10. The standard InChI is InChI=1S/C22H30ClNO4/c1-12-8-16-15-5-4-13-9-14(24-28)6-7-20(13,2)19(15)17(25)10-21(16,3)22(12,27)18(26)11-23/h6-7,9,12,15-17,19,25,27-28H,4-5,8,10-11H2,1-3H3/b24-14+/t12-,15-,16?,17?,19?,20-,21-,22-/m0/s1. The van der Waals surface area contributed by atoms with Gasteiger partial charge in [-0.05, 0) is 55.6 Å². The van der Waals surface area contributed by atoms with E-state index in [-0.39, 0.29) is 40.7 Å². The maximum atomic E-state index is 12.7. The summed E-state index contributed by atoms with van der Waals surface area (Å²) in [5.41, 5.74) is -0.741. The number of fused-ring (bicyclic) bond motifs is 5. The number of hydrogen-bond donors (Lipinski definition) is 3. The fraction of sp³-hybridized carbons (Fsp3) is 0.727. The van der Waals surface area contributed by atoms with E-state index >= 15 is 0 Å². The highest BCUT2D eigenvalue weighted by molar-refractivity contribution is 6.29. The molecule has 5 nitrogen and oxygen atoms in total. The van der Waals surface area contributed by atoms with E-state index in [1.807, 2.05) is 26.0 Å². The van der Waals surface area contributed by atoms with Crippen LogP contribution in [0.2, 0.25) is 0 Å². The second kappa shape index (κ2) is 6.41. The van der Waals surface area contributed by atoms with Gasteiger partial charge in [0.2, 0.25) is 0 Å². The summed E-state index contributed by atoms with van der Waals surface area (Å²) in [5.74, 6) is -0.312. The molecule has 0 spiro atoms. The highest BCUT2D eigenvalue weighted by atomic mass is 35.5. The normalized spacial score (nSPS) is 51.3. The number of alkyl halides is 1. The van der Waals surface area contributed by atoms with Crippen LogP contribution in [-0.4, -0.2) is 44.5 Å². The third kappa shape index (κ3) is 2.33. The maximum absolute atomic E-state index is 12.7. The number of ketones is 1. The molecule has 3 unspecified atom stereocenters. The molecule has 0 radical (unpaired) electrons. The lowest BCUT2D eigenvalue weighted by molar-refractivity contribution is -0.179. The predicted molar refractivity (Wildman–Crippen MR) is 107 cm³/mol. The van der Waals surface area contributed by atoms with Gasteiger partial charge in [-0.3, -0.25) is 4.79 Å². The van der Waals surface area contributed by atoms with Crippen molar-refractivity contribution in [3.05, 3.63) is 23.8 Å². The number of aliphatic hydroxyl groups excluding tert-OH is 1. The third-order valence-corrected chi connectivity index (χ3v) is 8.99. The summed E-state index contributed by atoms with van der Waals surface area (Å²) >= 11 is 5.87. The van der Waals surface area contributed by atoms with Crippen LogP contribution in [0.15, 0.2) is 29.0 Å². The Hall–Kier alpha value is -1.17. The van der Waals surface area contributed by atoms with Crippen molar-refractivity contribution in [2.45, 2.75) is 58.2 Å². The molecule has 0 saturated heterocycles. The minimum absolute atomic E-state index is 0.0164. The van der Waals surface area contributed by atoms with Crippen molar-refractivity contribution in [1.29, 1.82) is 0 Å². The lowest BCUT2D eigenvalue weighted by Gasteiger charge is -2.59. The lowest BCUT2D eigenvalue weighted by atomic mass is 9.46. The average Bonchev–Trinajstić information content (AvgIpc) is 2.87. The second-order valence-electron chi connectivity index (χ2n) is 9.79. The van der Waals surface area contributed by atoms with Crippen molar-refractivity contribution in [2.75, 3.05) is 5.88 Å². The molecule has 3 fully saturated rings. The molecule has 28 heavy (non-hydrogen) atoms. The third-order valence-electron chi connectivity index (χ3n) is 8.75. The van der Waals surface area contributed by atoms with E-state index in [9.17, 15) is 15.0 Å². The van der Waals surface area contributed by atoms with Gasteiger partial charge in [0.15, 0.2) is 5.78 Å². The lowest BCUT2D eigenvalue weighted by Crippen LogP contribution is -2.62. The van der Waals surface area contributed by atoms with Crippen molar-refractivity contribution in [1.82, 2.24) is 0 Å². The molecule has 4 aliphatic carbocycles. The first-order chi connectivity index (χ1) is 13.1. The minimum Gasteiger partial charge on any atom is -0.410 e. The summed E-state index contributed by atoms with van der Waals surface area (Å²) in [7, 11) is 0. The van der Waals surface area contributed by atoms with E-state index in [0.717, 1.165) is 19.3 Å². The maximum Gasteiger partial charge on any atom is 0.179 e. The van der Waals surface area contributed by atoms with Gasteiger partial charge in [0.25, 0.3) is 0 Å². The van der Waals surface area contributed by atoms with Crippen LogP contribution in [0.3, 0.4) is 0 Å². The van der Waals surface area contributed by atoms with Crippen LogP contribution < -0.4 is 0 Å². The van der Waals surface area contributed by atoms with E-state index < -0.39 is 17.1 Å². The summed E-state index contributed by atoms with van der Waals surface area (Å²) < 4.78 is 0. The molecule has 4 aliphatic rings. The van der Waals surface area contributed by atoms with E-state index in [1.165, 1.54) is 5.57 Å². The Labute approximate surface area is 171 Å². The molecule has 0 amide bonds.